The molecule has 0 radical (unpaired) electrons. The Morgan fingerprint density at radius 2 is 2.47 bits per heavy atom. The Morgan fingerprint density at radius 1 is 1.67 bits per heavy atom. The first-order chi connectivity index (χ1) is 7.20. The van der Waals surface area contributed by atoms with Crippen LogP contribution in [0.3, 0.4) is 0 Å². The van der Waals surface area contributed by atoms with Gasteiger partial charge in [-0.25, -0.2) is 0 Å². The quantitative estimate of drug-likeness (QED) is 0.895. The summed E-state index contributed by atoms with van der Waals surface area (Å²) in [7, 11) is 0. The molecule has 1 unspecified atom stereocenters. The highest BCUT2D eigenvalue weighted by Crippen LogP contribution is 2.26. The number of rotatable bonds is 2. The summed E-state index contributed by atoms with van der Waals surface area (Å²) in [6.45, 7) is 6.66. The van der Waals surface area contributed by atoms with Gasteiger partial charge in [-0.1, -0.05) is 0 Å². The first kappa shape index (κ1) is 11.1. The van der Waals surface area contributed by atoms with E-state index in [2.05, 4.69) is 40.2 Å². The van der Waals surface area contributed by atoms with Crippen LogP contribution in [-0.2, 0) is 4.74 Å². The minimum absolute atomic E-state index is 0.264. The Balaban J connectivity index is 2.20. The zero-order valence-electron chi connectivity index (χ0n) is 9.03. The van der Waals surface area contributed by atoms with Crippen LogP contribution in [0, 0.1) is 0 Å². The zero-order valence-corrected chi connectivity index (χ0v) is 10.6. The van der Waals surface area contributed by atoms with E-state index in [1.54, 1.807) is 0 Å². The fourth-order valence-corrected chi connectivity index (χ4v) is 2.60. The number of halogens is 1. The fraction of sp³-hybridized carbons (Fsp3) is 0.700. The molecule has 4 nitrogen and oxygen atoms in total. The first-order valence-electron chi connectivity index (χ1n) is 5.24. The molecule has 84 valence electrons. The molecule has 5 heteroatoms. The average Bonchev–Trinajstić information content (AvgIpc) is 2.61. The van der Waals surface area contributed by atoms with E-state index in [1.807, 2.05) is 10.9 Å². The van der Waals surface area contributed by atoms with Crippen molar-refractivity contribution in [3.63, 3.8) is 0 Å². The van der Waals surface area contributed by atoms with E-state index in [9.17, 15) is 0 Å². The normalized spacial score (nSPS) is 22.3. The zero-order chi connectivity index (χ0) is 10.8. The Labute approximate surface area is 98.1 Å². The molecule has 0 spiro atoms. The number of hydrogen-bond acceptors (Lipinski definition) is 3. The second-order valence-corrected chi connectivity index (χ2v) is 4.76. The van der Waals surface area contributed by atoms with E-state index < -0.39 is 0 Å². The van der Waals surface area contributed by atoms with Gasteiger partial charge in [-0.3, -0.25) is 4.68 Å². The van der Waals surface area contributed by atoms with Gasteiger partial charge in [-0.15, -0.1) is 0 Å². The number of nitrogens with one attached hydrogen (secondary N) is 1. The molecule has 15 heavy (non-hydrogen) atoms. The molecule has 2 rings (SSSR count). The summed E-state index contributed by atoms with van der Waals surface area (Å²) in [6, 6.07) is 0.637. The molecule has 1 aromatic rings. The lowest BCUT2D eigenvalue weighted by Crippen LogP contribution is -2.34. The molecule has 1 aromatic heterocycles. The van der Waals surface area contributed by atoms with E-state index in [1.165, 1.54) is 5.56 Å². The number of aromatic nitrogens is 2. The highest BCUT2D eigenvalue weighted by molar-refractivity contribution is 9.10. The second kappa shape index (κ2) is 4.63. The van der Waals surface area contributed by atoms with Crippen LogP contribution >= 0.6 is 15.9 Å². The molecule has 1 saturated heterocycles. The van der Waals surface area contributed by atoms with Crippen molar-refractivity contribution >= 4 is 15.9 Å². The van der Waals surface area contributed by atoms with Gasteiger partial charge in [0.25, 0.3) is 0 Å². The molecule has 0 saturated carbocycles. The lowest BCUT2D eigenvalue weighted by atomic mass is 10.1. The predicted octanol–water partition coefficient (Wildman–Crippen LogP) is 1.89. The smallest absolute Gasteiger partial charge is 0.109 e. The number of ether oxygens (including phenoxy) is 1. The van der Waals surface area contributed by atoms with Crippen molar-refractivity contribution in [1.29, 1.82) is 0 Å². The summed E-state index contributed by atoms with van der Waals surface area (Å²) in [6.07, 6.45) is 1.91. The van der Waals surface area contributed by atoms with Crippen LogP contribution in [0.5, 0.6) is 0 Å². The van der Waals surface area contributed by atoms with Crippen molar-refractivity contribution in [2.75, 3.05) is 19.8 Å². The molecule has 0 aromatic carbocycles. The van der Waals surface area contributed by atoms with Crippen LogP contribution in [0.2, 0.25) is 0 Å². The second-order valence-electron chi connectivity index (χ2n) is 4.01. The standard InChI is InChI=1S/C10H16BrN3O/c1-7(2)14-10(11)8(5-13-14)9-6-15-4-3-12-9/h5,7,9,12H,3-4,6H2,1-2H3. The molecule has 0 amide bonds. The first-order valence-corrected chi connectivity index (χ1v) is 6.03. The molecule has 1 aliphatic rings. The highest BCUT2D eigenvalue weighted by atomic mass is 79.9. The van der Waals surface area contributed by atoms with Crippen LogP contribution in [0.25, 0.3) is 0 Å². The minimum atomic E-state index is 0.264. The molecular weight excluding hydrogens is 258 g/mol. The van der Waals surface area contributed by atoms with Gasteiger partial charge < -0.3 is 10.1 Å². The van der Waals surface area contributed by atoms with Gasteiger partial charge in [0.05, 0.1) is 25.5 Å². The van der Waals surface area contributed by atoms with Gasteiger partial charge in [0.2, 0.25) is 0 Å². The third-order valence-corrected chi connectivity index (χ3v) is 3.37. The SMILES string of the molecule is CC(C)n1ncc(C2COCCN2)c1Br. The van der Waals surface area contributed by atoms with Gasteiger partial charge in [0.15, 0.2) is 0 Å². The van der Waals surface area contributed by atoms with Crippen molar-refractivity contribution in [3.05, 3.63) is 16.4 Å². The molecule has 0 aliphatic carbocycles. The number of nitrogens with zero attached hydrogens (tertiary/aromatic N) is 2. The van der Waals surface area contributed by atoms with Crippen LogP contribution in [-0.4, -0.2) is 29.5 Å². The summed E-state index contributed by atoms with van der Waals surface area (Å²) >= 11 is 3.59. The molecule has 0 bridgehead atoms. The highest BCUT2D eigenvalue weighted by Gasteiger charge is 2.21. The van der Waals surface area contributed by atoms with Crippen molar-refractivity contribution in [3.8, 4) is 0 Å². The van der Waals surface area contributed by atoms with E-state index in [-0.39, 0.29) is 6.04 Å². The third-order valence-electron chi connectivity index (χ3n) is 2.55. The van der Waals surface area contributed by atoms with E-state index >= 15 is 0 Å². The van der Waals surface area contributed by atoms with Crippen LogP contribution < -0.4 is 5.32 Å². The van der Waals surface area contributed by atoms with Crippen LogP contribution in [0.1, 0.15) is 31.5 Å². The Kier molecular flexibility index (Phi) is 3.43. The monoisotopic (exact) mass is 273 g/mol. The summed E-state index contributed by atoms with van der Waals surface area (Å²) in [5.41, 5.74) is 1.18. The van der Waals surface area contributed by atoms with E-state index in [0.717, 1.165) is 24.4 Å². The van der Waals surface area contributed by atoms with Gasteiger partial charge in [0.1, 0.15) is 4.60 Å². The van der Waals surface area contributed by atoms with Crippen LogP contribution in [0.15, 0.2) is 10.8 Å². The topological polar surface area (TPSA) is 39.1 Å². The van der Waals surface area contributed by atoms with Gasteiger partial charge in [-0.2, -0.15) is 5.10 Å². The molecule has 1 N–H and O–H groups in total. The van der Waals surface area contributed by atoms with Crippen molar-refractivity contribution in [2.24, 2.45) is 0 Å². The van der Waals surface area contributed by atoms with E-state index in [0.29, 0.717) is 6.04 Å². The van der Waals surface area contributed by atoms with Crippen molar-refractivity contribution < 1.29 is 4.74 Å². The Bertz CT molecular complexity index is 331. The van der Waals surface area contributed by atoms with Gasteiger partial charge in [-0.05, 0) is 29.8 Å². The van der Waals surface area contributed by atoms with Crippen molar-refractivity contribution in [2.45, 2.75) is 25.9 Å². The molecule has 1 atom stereocenters. The maximum Gasteiger partial charge on any atom is 0.109 e. The number of morpholine rings is 1. The van der Waals surface area contributed by atoms with Gasteiger partial charge >= 0.3 is 0 Å². The molecule has 1 aliphatic heterocycles. The fourth-order valence-electron chi connectivity index (χ4n) is 1.72. The predicted molar refractivity (Wildman–Crippen MR) is 61.9 cm³/mol. The average molecular weight is 274 g/mol. The maximum atomic E-state index is 5.44. The summed E-state index contributed by atoms with van der Waals surface area (Å²) in [5.74, 6) is 0. The molecular formula is C10H16BrN3O. The lowest BCUT2D eigenvalue weighted by Gasteiger charge is -2.23. The Hall–Kier alpha value is -0.390. The van der Waals surface area contributed by atoms with E-state index in [4.69, 9.17) is 4.74 Å². The third kappa shape index (κ3) is 2.24. The lowest BCUT2D eigenvalue weighted by molar-refractivity contribution is 0.0766. The molecule has 1 fully saturated rings. The maximum absolute atomic E-state index is 5.44. The Morgan fingerprint density at radius 3 is 3.00 bits per heavy atom. The summed E-state index contributed by atoms with van der Waals surface area (Å²) in [4.78, 5) is 0. The molecule has 2 heterocycles. The van der Waals surface area contributed by atoms with Gasteiger partial charge in [0, 0.05) is 18.2 Å². The summed E-state index contributed by atoms with van der Waals surface area (Å²) in [5, 5.41) is 7.78. The van der Waals surface area contributed by atoms with Crippen LogP contribution in [0.4, 0.5) is 0 Å². The minimum Gasteiger partial charge on any atom is -0.378 e. The number of hydrogen-bond donors (Lipinski definition) is 1. The largest absolute Gasteiger partial charge is 0.378 e. The summed E-state index contributed by atoms with van der Waals surface area (Å²) < 4.78 is 8.47. The van der Waals surface area contributed by atoms with Crippen molar-refractivity contribution in [1.82, 2.24) is 15.1 Å².